The third-order valence-electron chi connectivity index (χ3n) is 3.37. The van der Waals surface area contributed by atoms with E-state index in [1.807, 2.05) is 0 Å². The fourth-order valence-electron chi connectivity index (χ4n) is 2.27. The van der Waals surface area contributed by atoms with E-state index in [0.29, 0.717) is 23.6 Å². The van der Waals surface area contributed by atoms with E-state index in [9.17, 15) is 9.59 Å². The number of anilines is 1. The van der Waals surface area contributed by atoms with E-state index in [1.165, 1.54) is 0 Å². The number of benzene rings is 1. The highest BCUT2D eigenvalue weighted by molar-refractivity contribution is 5.96. The first-order valence-corrected chi connectivity index (χ1v) is 6.55. The summed E-state index contributed by atoms with van der Waals surface area (Å²) in [6, 6.07) is 6.68. The van der Waals surface area contributed by atoms with Gasteiger partial charge in [0.2, 0.25) is 11.8 Å². The van der Waals surface area contributed by atoms with Crippen LogP contribution in [-0.4, -0.2) is 24.9 Å². The summed E-state index contributed by atoms with van der Waals surface area (Å²) in [6.45, 7) is 2.05. The van der Waals surface area contributed by atoms with Gasteiger partial charge in [-0.3, -0.25) is 9.59 Å². The molecule has 1 aromatic rings. The Morgan fingerprint density at radius 2 is 2.26 bits per heavy atom. The van der Waals surface area contributed by atoms with Crippen LogP contribution in [0.25, 0.3) is 0 Å². The molecule has 102 valence electrons. The van der Waals surface area contributed by atoms with Crippen molar-refractivity contribution in [2.45, 2.75) is 19.3 Å². The molecule has 1 aromatic carbocycles. The van der Waals surface area contributed by atoms with Gasteiger partial charge in [0.1, 0.15) is 0 Å². The SMILES string of the molecule is NC(=O)c1cccc(NC(=O)CCC2CCNC2)c1. The monoisotopic (exact) mass is 261 g/mol. The van der Waals surface area contributed by atoms with Gasteiger partial charge in [-0.05, 0) is 50.0 Å². The van der Waals surface area contributed by atoms with Gasteiger partial charge in [0, 0.05) is 17.7 Å². The highest BCUT2D eigenvalue weighted by Gasteiger charge is 2.15. The minimum Gasteiger partial charge on any atom is -0.366 e. The van der Waals surface area contributed by atoms with Crippen LogP contribution < -0.4 is 16.4 Å². The molecule has 2 amide bonds. The highest BCUT2D eigenvalue weighted by atomic mass is 16.2. The lowest BCUT2D eigenvalue weighted by atomic mass is 10.0. The molecule has 2 rings (SSSR count). The van der Waals surface area contributed by atoms with Crippen molar-refractivity contribution in [3.05, 3.63) is 29.8 Å². The number of amides is 2. The number of rotatable bonds is 5. The van der Waals surface area contributed by atoms with Crippen molar-refractivity contribution in [3.63, 3.8) is 0 Å². The van der Waals surface area contributed by atoms with Crippen molar-refractivity contribution in [2.75, 3.05) is 18.4 Å². The average molecular weight is 261 g/mol. The Labute approximate surface area is 112 Å². The molecule has 0 aromatic heterocycles. The summed E-state index contributed by atoms with van der Waals surface area (Å²) in [7, 11) is 0. The Morgan fingerprint density at radius 1 is 1.42 bits per heavy atom. The fourth-order valence-corrected chi connectivity index (χ4v) is 2.27. The van der Waals surface area contributed by atoms with E-state index >= 15 is 0 Å². The van der Waals surface area contributed by atoms with E-state index in [4.69, 9.17) is 5.73 Å². The Balaban J connectivity index is 1.84. The number of nitrogens with two attached hydrogens (primary N) is 1. The number of hydrogen-bond acceptors (Lipinski definition) is 3. The van der Waals surface area contributed by atoms with E-state index in [-0.39, 0.29) is 5.91 Å². The van der Waals surface area contributed by atoms with Crippen molar-refractivity contribution in [1.82, 2.24) is 5.32 Å². The summed E-state index contributed by atoms with van der Waals surface area (Å²) >= 11 is 0. The van der Waals surface area contributed by atoms with Gasteiger partial charge in [0.25, 0.3) is 0 Å². The number of primary amides is 1. The Hall–Kier alpha value is -1.88. The molecule has 19 heavy (non-hydrogen) atoms. The molecule has 0 aliphatic carbocycles. The fraction of sp³-hybridized carbons (Fsp3) is 0.429. The maximum absolute atomic E-state index is 11.8. The van der Waals surface area contributed by atoms with Crippen LogP contribution in [0, 0.1) is 5.92 Å². The van der Waals surface area contributed by atoms with Gasteiger partial charge in [-0.15, -0.1) is 0 Å². The first-order valence-electron chi connectivity index (χ1n) is 6.55. The molecule has 1 unspecified atom stereocenters. The maximum Gasteiger partial charge on any atom is 0.248 e. The van der Waals surface area contributed by atoms with Gasteiger partial charge < -0.3 is 16.4 Å². The summed E-state index contributed by atoms with van der Waals surface area (Å²) in [5.74, 6) is 0.0874. The van der Waals surface area contributed by atoms with Crippen LogP contribution in [0.4, 0.5) is 5.69 Å². The lowest BCUT2D eigenvalue weighted by molar-refractivity contribution is -0.116. The van der Waals surface area contributed by atoms with Crippen LogP contribution >= 0.6 is 0 Å². The van der Waals surface area contributed by atoms with Gasteiger partial charge in [0.15, 0.2) is 0 Å². The number of nitrogens with one attached hydrogen (secondary N) is 2. The van der Waals surface area contributed by atoms with E-state index in [2.05, 4.69) is 10.6 Å². The molecular weight excluding hydrogens is 242 g/mol. The van der Waals surface area contributed by atoms with Crippen LogP contribution in [0.2, 0.25) is 0 Å². The van der Waals surface area contributed by atoms with Gasteiger partial charge in [-0.1, -0.05) is 6.07 Å². The minimum absolute atomic E-state index is 0.0199. The summed E-state index contributed by atoms with van der Waals surface area (Å²) < 4.78 is 0. The lowest BCUT2D eigenvalue weighted by Crippen LogP contribution is -2.16. The topological polar surface area (TPSA) is 84.2 Å². The standard InChI is InChI=1S/C14H19N3O2/c15-14(19)11-2-1-3-12(8-11)17-13(18)5-4-10-6-7-16-9-10/h1-3,8,10,16H,4-7,9H2,(H2,15,19)(H,17,18). The molecule has 0 radical (unpaired) electrons. The normalized spacial score (nSPS) is 18.2. The molecular formula is C14H19N3O2. The van der Waals surface area contributed by atoms with Crippen molar-refractivity contribution < 1.29 is 9.59 Å². The molecule has 0 bridgehead atoms. The van der Waals surface area contributed by atoms with Crippen molar-refractivity contribution in [3.8, 4) is 0 Å². The Morgan fingerprint density at radius 3 is 2.95 bits per heavy atom. The highest BCUT2D eigenvalue weighted by Crippen LogP contribution is 2.16. The zero-order valence-corrected chi connectivity index (χ0v) is 10.8. The number of hydrogen-bond donors (Lipinski definition) is 3. The Bertz CT molecular complexity index is 468. The van der Waals surface area contributed by atoms with Crippen LogP contribution in [0.5, 0.6) is 0 Å². The van der Waals surface area contributed by atoms with Gasteiger partial charge in [0.05, 0.1) is 0 Å². The second-order valence-corrected chi connectivity index (χ2v) is 4.89. The van der Waals surface area contributed by atoms with E-state index in [0.717, 1.165) is 25.9 Å². The predicted octanol–water partition coefficient (Wildman–Crippen LogP) is 1.11. The van der Waals surface area contributed by atoms with Gasteiger partial charge in [-0.25, -0.2) is 0 Å². The predicted molar refractivity (Wildman–Crippen MR) is 73.8 cm³/mol. The quantitative estimate of drug-likeness (QED) is 0.742. The molecule has 1 aliphatic rings. The largest absolute Gasteiger partial charge is 0.366 e. The van der Waals surface area contributed by atoms with Gasteiger partial charge in [-0.2, -0.15) is 0 Å². The zero-order valence-electron chi connectivity index (χ0n) is 10.8. The van der Waals surface area contributed by atoms with Crippen molar-refractivity contribution in [1.29, 1.82) is 0 Å². The van der Waals surface area contributed by atoms with E-state index in [1.54, 1.807) is 24.3 Å². The summed E-state index contributed by atoms with van der Waals surface area (Å²) in [6.07, 6.45) is 2.55. The second kappa shape index (κ2) is 6.33. The minimum atomic E-state index is -0.492. The third-order valence-corrected chi connectivity index (χ3v) is 3.37. The molecule has 1 heterocycles. The number of carbonyl (C=O) groups is 2. The second-order valence-electron chi connectivity index (χ2n) is 4.89. The molecule has 0 spiro atoms. The Kier molecular flexibility index (Phi) is 4.52. The summed E-state index contributed by atoms with van der Waals surface area (Å²) in [4.78, 5) is 22.8. The summed E-state index contributed by atoms with van der Waals surface area (Å²) in [5, 5.41) is 6.08. The van der Waals surface area contributed by atoms with Crippen molar-refractivity contribution >= 4 is 17.5 Å². The smallest absolute Gasteiger partial charge is 0.248 e. The third kappa shape index (κ3) is 4.06. The van der Waals surface area contributed by atoms with Crippen LogP contribution in [0.3, 0.4) is 0 Å². The molecule has 5 heteroatoms. The molecule has 0 saturated carbocycles. The number of carbonyl (C=O) groups excluding carboxylic acids is 2. The molecule has 4 N–H and O–H groups in total. The van der Waals surface area contributed by atoms with Crippen LogP contribution in [-0.2, 0) is 4.79 Å². The maximum atomic E-state index is 11.8. The first-order chi connectivity index (χ1) is 9.15. The van der Waals surface area contributed by atoms with Gasteiger partial charge >= 0.3 is 0 Å². The molecule has 1 saturated heterocycles. The van der Waals surface area contributed by atoms with Crippen LogP contribution in [0.1, 0.15) is 29.6 Å². The molecule has 5 nitrogen and oxygen atoms in total. The lowest BCUT2D eigenvalue weighted by Gasteiger charge is -2.09. The zero-order chi connectivity index (χ0) is 13.7. The average Bonchev–Trinajstić information content (AvgIpc) is 2.90. The van der Waals surface area contributed by atoms with Crippen molar-refractivity contribution in [2.24, 2.45) is 11.7 Å². The molecule has 1 fully saturated rings. The molecule has 1 aliphatic heterocycles. The van der Waals surface area contributed by atoms with Crippen LogP contribution in [0.15, 0.2) is 24.3 Å². The molecule has 1 atom stereocenters. The summed E-state index contributed by atoms with van der Waals surface area (Å²) in [5.41, 5.74) is 6.21. The first kappa shape index (κ1) is 13.5. The van der Waals surface area contributed by atoms with E-state index < -0.39 is 5.91 Å².